The fourth-order valence-electron chi connectivity index (χ4n) is 1.19. The molecule has 0 aliphatic carbocycles. The van der Waals surface area contributed by atoms with Crippen LogP contribution in [-0.2, 0) is 9.53 Å². The quantitative estimate of drug-likeness (QED) is 0.369. The van der Waals surface area contributed by atoms with Gasteiger partial charge in [0.2, 0.25) is 5.91 Å². The minimum absolute atomic E-state index is 0.0149. The van der Waals surface area contributed by atoms with Gasteiger partial charge in [0.05, 0.1) is 12.6 Å². The molecular formula is C7H13NO5. The highest BCUT2D eigenvalue weighted by atomic mass is 16.6. The van der Waals surface area contributed by atoms with Crippen molar-refractivity contribution in [2.75, 3.05) is 6.61 Å². The largest absolute Gasteiger partial charge is 0.388 e. The molecule has 1 heterocycles. The number of ether oxygens (including phenoxy) is 1. The van der Waals surface area contributed by atoms with Crippen LogP contribution < -0.4 is 5.32 Å². The van der Waals surface area contributed by atoms with Crippen LogP contribution in [0.25, 0.3) is 0 Å². The number of aliphatic hydroxyl groups excluding tert-OH is 3. The van der Waals surface area contributed by atoms with E-state index >= 15 is 0 Å². The maximum absolute atomic E-state index is 10.6. The second kappa shape index (κ2) is 4.01. The first-order valence-electron chi connectivity index (χ1n) is 3.95. The summed E-state index contributed by atoms with van der Waals surface area (Å²) in [5.74, 6) is -0.323. The number of hydrogen-bond donors (Lipinski definition) is 4. The zero-order valence-corrected chi connectivity index (χ0v) is 7.17. The smallest absolute Gasteiger partial charge is 0.217 e. The van der Waals surface area contributed by atoms with Crippen LogP contribution in [0.15, 0.2) is 0 Å². The number of carbonyl (C=O) groups is 1. The van der Waals surface area contributed by atoms with Crippen LogP contribution in [0.3, 0.4) is 0 Å². The van der Waals surface area contributed by atoms with Crippen LogP contribution in [-0.4, -0.2) is 52.4 Å². The predicted octanol–water partition coefficient (Wildman–Crippen LogP) is -2.44. The predicted molar refractivity (Wildman–Crippen MR) is 41.6 cm³/mol. The standard InChI is InChI=1S/C7H13NO5/c1-3(9)8-4-2-13-7(12)6(11)5(4)10/h4-7,10-12H,2H2,1H3,(H,8,9)/t4-,5-,6-,7+/m1/s1. The third kappa shape index (κ3) is 2.38. The van der Waals surface area contributed by atoms with E-state index in [0.717, 1.165) is 0 Å². The van der Waals surface area contributed by atoms with E-state index < -0.39 is 24.5 Å². The summed E-state index contributed by atoms with van der Waals surface area (Å²) in [4.78, 5) is 10.6. The van der Waals surface area contributed by atoms with E-state index in [1.807, 2.05) is 0 Å². The monoisotopic (exact) mass is 191 g/mol. The average Bonchev–Trinajstić information content (AvgIpc) is 2.06. The molecule has 1 rings (SSSR count). The Labute approximate surface area is 75.1 Å². The van der Waals surface area contributed by atoms with Crippen LogP contribution >= 0.6 is 0 Å². The lowest BCUT2D eigenvalue weighted by Gasteiger charge is -2.35. The van der Waals surface area contributed by atoms with Gasteiger partial charge in [-0.25, -0.2) is 0 Å². The van der Waals surface area contributed by atoms with Gasteiger partial charge < -0.3 is 25.4 Å². The Bertz CT molecular complexity index is 197. The summed E-state index contributed by atoms with van der Waals surface area (Å²) in [6, 6.07) is -0.670. The van der Waals surface area contributed by atoms with Crippen LogP contribution in [0.5, 0.6) is 0 Å². The number of amides is 1. The Morgan fingerprint density at radius 2 is 2.00 bits per heavy atom. The molecule has 1 fully saturated rings. The molecule has 0 aromatic rings. The first kappa shape index (κ1) is 10.4. The Morgan fingerprint density at radius 3 is 2.54 bits per heavy atom. The van der Waals surface area contributed by atoms with Gasteiger partial charge >= 0.3 is 0 Å². The summed E-state index contributed by atoms with van der Waals surface area (Å²) in [6.07, 6.45) is -3.97. The molecule has 76 valence electrons. The lowest BCUT2D eigenvalue weighted by molar-refractivity contribution is -0.229. The summed E-state index contributed by atoms with van der Waals surface area (Å²) in [7, 11) is 0. The Morgan fingerprint density at radius 1 is 1.38 bits per heavy atom. The highest BCUT2D eigenvalue weighted by Crippen LogP contribution is 2.13. The number of carbonyl (C=O) groups excluding carboxylic acids is 1. The lowest BCUT2D eigenvalue weighted by Crippen LogP contribution is -2.58. The first-order valence-corrected chi connectivity index (χ1v) is 3.95. The Kier molecular flexibility index (Phi) is 3.21. The van der Waals surface area contributed by atoms with Gasteiger partial charge in [0, 0.05) is 6.92 Å². The fourth-order valence-corrected chi connectivity index (χ4v) is 1.19. The van der Waals surface area contributed by atoms with Crippen molar-refractivity contribution in [2.24, 2.45) is 0 Å². The highest BCUT2D eigenvalue weighted by molar-refractivity contribution is 5.73. The summed E-state index contributed by atoms with van der Waals surface area (Å²) in [5.41, 5.74) is 0. The van der Waals surface area contributed by atoms with Crippen molar-refractivity contribution in [1.82, 2.24) is 5.32 Å². The summed E-state index contributed by atoms with van der Waals surface area (Å²) < 4.78 is 4.70. The minimum atomic E-state index is -1.39. The van der Waals surface area contributed by atoms with Crippen molar-refractivity contribution in [3.05, 3.63) is 0 Å². The molecule has 0 aromatic carbocycles. The molecular weight excluding hydrogens is 178 g/mol. The van der Waals surface area contributed by atoms with E-state index in [2.05, 4.69) is 5.32 Å². The molecule has 6 heteroatoms. The SMILES string of the molecule is CC(=O)N[C@@H]1CO[C@H](O)[C@H](O)[C@@H]1O. The van der Waals surface area contributed by atoms with Gasteiger partial charge in [0.1, 0.15) is 12.2 Å². The minimum Gasteiger partial charge on any atom is -0.388 e. The molecule has 0 saturated carbocycles. The number of hydrogen-bond acceptors (Lipinski definition) is 5. The number of rotatable bonds is 1. The Hall–Kier alpha value is -0.690. The van der Waals surface area contributed by atoms with Crippen molar-refractivity contribution in [3.8, 4) is 0 Å². The van der Waals surface area contributed by atoms with Gasteiger partial charge in [-0.3, -0.25) is 4.79 Å². The first-order chi connectivity index (χ1) is 6.02. The van der Waals surface area contributed by atoms with E-state index in [9.17, 15) is 9.90 Å². The van der Waals surface area contributed by atoms with E-state index in [-0.39, 0.29) is 12.5 Å². The Balaban J connectivity index is 2.53. The summed E-state index contributed by atoms with van der Waals surface area (Å²) in [6.45, 7) is 1.28. The fraction of sp³-hybridized carbons (Fsp3) is 0.857. The highest BCUT2D eigenvalue weighted by Gasteiger charge is 2.37. The summed E-state index contributed by atoms with van der Waals surface area (Å²) >= 11 is 0. The molecule has 6 nitrogen and oxygen atoms in total. The zero-order chi connectivity index (χ0) is 10.0. The van der Waals surface area contributed by atoms with Crippen molar-refractivity contribution in [1.29, 1.82) is 0 Å². The average molecular weight is 191 g/mol. The number of aliphatic hydroxyl groups is 3. The second-order valence-corrected chi connectivity index (χ2v) is 3.01. The van der Waals surface area contributed by atoms with Gasteiger partial charge in [-0.2, -0.15) is 0 Å². The maximum Gasteiger partial charge on any atom is 0.217 e. The third-order valence-electron chi connectivity index (χ3n) is 1.89. The molecule has 1 aliphatic rings. The molecule has 13 heavy (non-hydrogen) atoms. The molecule has 1 saturated heterocycles. The zero-order valence-electron chi connectivity index (χ0n) is 7.17. The van der Waals surface area contributed by atoms with Crippen molar-refractivity contribution in [2.45, 2.75) is 31.5 Å². The molecule has 0 bridgehead atoms. The topological polar surface area (TPSA) is 99.0 Å². The molecule has 0 spiro atoms. The van der Waals surface area contributed by atoms with Gasteiger partial charge in [0.25, 0.3) is 0 Å². The van der Waals surface area contributed by atoms with Crippen LogP contribution in [0.2, 0.25) is 0 Å². The van der Waals surface area contributed by atoms with E-state index in [1.54, 1.807) is 0 Å². The summed E-state index contributed by atoms with van der Waals surface area (Å²) in [5, 5.41) is 29.9. The normalized spacial score (nSPS) is 40.0. The molecule has 0 unspecified atom stereocenters. The van der Waals surface area contributed by atoms with Gasteiger partial charge in [-0.1, -0.05) is 0 Å². The van der Waals surface area contributed by atoms with Crippen LogP contribution in [0.1, 0.15) is 6.92 Å². The van der Waals surface area contributed by atoms with Gasteiger partial charge in [-0.05, 0) is 0 Å². The van der Waals surface area contributed by atoms with Crippen LogP contribution in [0.4, 0.5) is 0 Å². The van der Waals surface area contributed by atoms with Crippen molar-refractivity contribution >= 4 is 5.91 Å². The van der Waals surface area contributed by atoms with Gasteiger partial charge in [-0.15, -0.1) is 0 Å². The second-order valence-electron chi connectivity index (χ2n) is 3.01. The van der Waals surface area contributed by atoms with E-state index in [1.165, 1.54) is 6.92 Å². The maximum atomic E-state index is 10.6. The third-order valence-corrected chi connectivity index (χ3v) is 1.89. The number of nitrogens with one attached hydrogen (secondary N) is 1. The molecule has 4 N–H and O–H groups in total. The van der Waals surface area contributed by atoms with E-state index in [0.29, 0.717) is 0 Å². The molecule has 1 amide bonds. The molecule has 1 aliphatic heterocycles. The molecule has 0 radical (unpaired) electrons. The lowest BCUT2D eigenvalue weighted by atomic mass is 10.0. The molecule has 4 atom stereocenters. The van der Waals surface area contributed by atoms with Gasteiger partial charge in [0.15, 0.2) is 6.29 Å². The van der Waals surface area contributed by atoms with Crippen LogP contribution in [0, 0.1) is 0 Å². The van der Waals surface area contributed by atoms with Crippen molar-refractivity contribution < 1.29 is 24.9 Å². The van der Waals surface area contributed by atoms with Crippen molar-refractivity contribution in [3.63, 3.8) is 0 Å². The molecule has 0 aromatic heterocycles. The van der Waals surface area contributed by atoms with E-state index in [4.69, 9.17) is 14.9 Å².